The van der Waals surface area contributed by atoms with E-state index in [4.69, 9.17) is 17.3 Å². The lowest BCUT2D eigenvalue weighted by molar-refractivity contribution is -0.137. The molecule has 3 amide bonds. The molecule has 0 saturated carbocycles. The third-order valence-corrected chi connectivity index (χ3v) is 10.9. The van der Waals surface area contributed by atoms with Gasteiger partial charge in [0.15, 0.2) is 0 Å². The number of hydrogen-bond acceptors (Lipinski definition) is 5. The van der Waals surface area contributed by atoms with Crippen molar-refractivity contribution in [3.63, 3.8) is 0 Å². The molecule has 10 nitrogen and oxygen atoms in total. The average Bonchev–Trinajstić information content (AvgIpc) is 3.41. The van der Waals surface area contributed by atoms with Crippen LogP contribution in [-0.2, 0) is 17.4 Å². The number of halogens is 4. The molecule has 6 rings (SSSR count). The number of nitrogens with two attached hydrogens (primary N) is 1. The van der Waals surface area contributed by atoms with Crippen molar-refractivity contribution in [2.75, 3.05) is 52.0 Å². The first-order chi connectivity index (χ1) is 22.9. The number of aromatic amines is 1. The topological polar surface area (TPSA) is 120 Å². The van der Waals surface area contributed by atoms with Gasteiger partial charge >= 0.3 is 17.9 Å². The molecule has 4 N–H and O–H groups in total. The Morgan fingerprint density at radius 3 is 2.21 bits per heavy atom. The Morgan fingerprint density at radius 1 is 0.958 bits per heavy atom. The smallest absolute Gasteiger partial charge is 0.397 e. The molecule has 0 spiro atoms. The Hall–Kier alpha value is -3.71. The molecule has 14 heteroatoms. The summed E-state index contributed by atoms with van der Waals surface area (Å²) in [6.07, 6.45) is 0.128. The van der Waals surface area contributed by atoms with Gasteiger partial charge in [-0.1, -0.05) is 23.7 Å². The van der Waals surface area contributed by atoms with E-state index in [-0.39, 0.29) is 34.6 Å². The van der Waals surface area contributed by atoms with E-state index >= 15 is 0 Å². The largest absolute Gasteiger partial charge is 0.418 e. The summed E-state index contributed by atoms with van der Waals surface area (Å²) in [5.74, 6) is 0.814. The summed E-state index contributed by atoms with van der Waals surface area (Å²) >= 11 is 6.12. The molecule has 1 aromatic heterocycles. The van der Waals surface area contributed by atoms with Gasteiger partial charge in [-0.05, 0) is 100 Å². The van der Waals surface area contributed by atoms with Crippen LogP contribution < -0.4 is 16.7 Å². The number of imidazole rings is 1. The molecule has 3 fully saturated rings. The van der Waals surface area contributed by atoms with Crippen molar-refractivity contribution in [3.05, 3.63) is 63.0 Å². The normalized spacial score (nSPS) is 19.9. The maximum absolute atomic E-state index is 14.0. The van der Waals surface area contributed by atoms with E-state index in [1.165, 1.54) is 6.07 Å². The number of urea groups is 1. The lowest BCUT2D eigenvalue weighted by atomic mass is 9.79. The molecular weight excluding hydrogens is 647 g/mol. The van der Waals surface area contributed by atoms with Crippen molar-refractivity contribution in [1.82, 2.24) is 29.6 Å². The second-order valence-electron chi connectivity index (χ2n) is 13.6. The van der Waals surface area contributed by atoms with E-state index in [0.717, 1.165) is 55.9 Å². The van der Waals surface area contributed by atoms with E-state index in [1.807, 2.05) is 24.3 Å². The van der Waals surface area contributed by atoms with Gasteiger partial charge in [0, 0.05) is 38.6 Å². The monoisotopic (exact) mass is 689 g/mol. The molecule has 260 valence electrons. The summed E-state index contributed by atoms with van der Waals surface area (Å²) in [6, 6.07) is 7.99. The van der Waals surface area contributed by atoms with Gasteiger partial charge in [0.2, 0.25) is 5.91 Å². The third kappa shape index (κ3) is 7.31. The molecule has 3 saturated heterocycles. The highest BCUT2D eigenvalue weighted by molar-refractivity contribution is 6.33. The Bertz CT molecular complexity index is 1690. The molecule has 1 atom stereocenters. The molecule has 2 aromatic carbocycles. The number of H-pyrrole nitrogens is 1. The molecular formula is C34H43ClF3N7O3. The first kappa shape index (κ1) is 34.2. The SMILES string of the molecule is CN1CCC(C2CCN(C(=O)[C@@H](Cc3cc(Cl)c(N)c(C(F)(F)F)c3)NC(=O)N3CCC(n4c(=O)[nH]c5ccccc54)CC3)CC2)CC1. The summed E-state index contributed by atoms with van der Waals surface area (Å²) in [6.45, 7) is 3.89. The van der Waals surface area contributed by atoms with Crippen molar-refractivity contribution >= 4 is 40.3 Å². The highest BCUT2D eigenvalue weighted by atomic mass is 35.5. The molecule has 3 aliphatic rings. The molecule has 4 heterocycles. The number of hydrogen-bond donors (Lipinski definition) is 3. The van der Waals surface area contributed by atoms with Crippen LogP contribution in [0, 0.1) is 11.8 Å². The molecule has 0 bridgehead atoms. The van der Waals surface area contributed by atoms with Crippen molar-refractivity contribution in [2.24, 2.45) is 11.8 Å². The number of benzene rings is 2. The zero-order chi connectivity index (χ0) is 34.2. The number of nitrogens with zero attached hydrogens (tertiary/aromatic N) is 4. The Labute approximate surface area is 282 Å². The lowest BCUT2D eigenvalue weighted by Gasteiger charge is -2.40. The fourth-order valence-electron chi connectivity index (χ4n) is 7.78. The molecule has 3 aromatic rings. The molecule has 3 aliphatic heterocycles. The minimum atomic E-state index is -4.74. The summed E-state index contributed by atoms with van der Waals surface area (Å²) in [7, 11) is 2.13. The number of rotatable bonds is 6. The molecule has 0 radical (unpaired) electrons. The number of nitrogen functional groups attached to an aromatic ring is 1. The van der Waals surface area contributed by atoms with Gasteiger partial charge in [-0.2, -0.15) is 13.2 Å². The third-order valence-electron chi connectivity index (χ3n) is 10.6. The molecule has 0 aliphatic carbocycles. The predicted octanol–water partition coefficient (Wildman–Crippen LogP) is 5.12. The van der Waals surface area contributed by atoms with Crippen LogP contribution in [0.2, 0.25) is 5.02 Å². The van der Waals surface area contributed by atoms with Crippen LogP contribution in [0.1, 0.15) is 55.7 Å². The van der Waals surface area contributed by atoms with Gasteiger partial charge in [0.25, 0.3) is 0 Å². The van der Waals surface area contributed by atoms with Crippen molar-refractivity contribution < 1.29 is 22.8 Å². The van der Waals surface area contributed by atoms with Crippen LogP contribution in [0.25, 0.3) is 11.0 Å². The van der Waals surface area contributed by atoms with Gasteiger partial charge in [0.1, 0.15) is 6.04 Å². The van der Waals surface area contributed by atoms with Gasteiger partial charge in [0.05, 0.1) is 27.3 Å². The minimum Gasteiger partial charge on any atom is -0.397 e. The summed E-state index contributed by atoms with van der Waals surface area (Å²) in [5, 5.41) is 2.60. The number of carbonyl (C=O) groups excluding carboxylic acids is 2. The Balaban J connectivity index is 1.16. The predicted molar refractivity (Wildman–Crippen MR) is 179 cm³/mol. The standard InChI is InChI=1S/C34H43ClF3N7O3/c1-42-12-6-22(7-13-42)23-8-14-43(15-9-23)31(46)28(20-21-18-25(34(36,37)38)30(39)26(35)19-21)41-32(47)44-16-10-24(11-17-44)45-29-5-3-2-4-27(29)40-33(45)48/h2-5,18-19,22-24,28H,6-17,20,39H2,1H3,(H,40,48)(H,41,47)/t28-/m1/s1. The summed E-state index contributed by atoms with van der Waals surface area (Å²) in [5.41, 5.74) is 5.51. The number of alkyl halides is 3. The van der Waals surface area contributed by atoms with E-state index in [9.17, 15) is 27.6 Å². The number of aromatic nitrogens is 2. The second kappa shape index (κ2) is 14.0. The Morgan fingerprint density at radius 2 is 1.56 bits per heavy atom. The number of anilines is 1. The average molecular weight is 690 g/mol. The number of para-hydroxylation sites is 2. The van der Waals surface area contributed by atoms with Crippen molar-refractivity contribution in [2.45, 2.75) is 63.2 Å². The summed E-state index contributed by atoms with van der Waals surface area (Å²) < 4.78 is 43.1. The van der Waals surface area contributed by atoms with Gasteiger partial charge in [-0.15, -0.1) is 0 Å². The van der Waals surface area contributed by atoms with Crippen LogP contribution in [0.4, 0.5) is 23.7 Å². The van der Waals surface area contributed by atoms with Crippen LogP contribution in [0.5, 0.6) is 0 Å². The number of carbonyl (C=O) groups is 2. The highest BCUT2D eigenvalue weighted by Gasteiger charge is 2.37. The summed E-state index contributed by atoms with van der Waals surface area (Å²) in [4.78, 5) is 48.9. The fraction of sp³-hybridized carbons (Fsp3) is 0.559. The minimum absolute atomic E-state index is 0.112. The van der Waals surface area contributed by atoms with Crippen LogP contribution in [0.15, 0.2) is 41.2 Å². The van der Waals surface area contributed by atoms with Gasteiger partial charge < -0.3 is 30.7 Å². The number of amides is 3. The fourth-order valence-corrected chi connectivity index (χ4v) is 8.02. The van der Waals surface area contributed by atoms with E-state index in [1.54, 1.807) is 14.4 Å². The first-order valence-corrected chi connectivity index (χ1v) is 17.1. The molecule has 48 heavy (non-hydrogen) atoms. The van der Waals surface area contributed by atoms with E-state index < -0.39 is 29.5 Å². The lowest BCUT2D eigenvalue weighted by Crippen LogP contribution is -2.55. The number of piperidine rings is 3. The van der Waals surface area contributed by atoms with Crippen molar-refractivity contribution in [3.8, 4) is 0 Å². The van der Waals surface area contributed by atoms with E-state index in [2.05, 4.69) is 22.2 Å². The molecule has 0 unspecified atom stereocenters. The van der Waals surface area contributed by atoms with Crippen LogP contribution in [0.3, 0.4) is 0 Å². The van der Waals surface area contributed by atoms with Crippen LogP contribution >= 0.6 is 11.6 Å². The first-order valence-electron chi connectivity index (χ1n) is 16.8. The van der Waals surface area contributed by atoms with Gasteiger partial charge in [-0.25, -0.2) is 9.59 Å². The zero-order valence-electron chi connectivity index (χ0n) is 27.1. The quantitative estimate of drug-likeness (QED) is 0.311. The number of likely N-dealkylation sites (tertiary alicyclic amines) is 3. The highest BCUT2D eigenvalue weighted by Crippen LogP contribution is 2.38. The maximum Gasteiger partial charge on any atom is 0.418 e. The zero-order valence-corrected chi connectivity index (χ0v) is 27.8. The van der Waals surface area contributed by atoms with Crippen molar-refractivity contribution in [1.29, 1.82) is 0 Å². The van der Waals surface area contributed by atoms with E-state index in [0.29, 0.717) is 50.9 Å². The number of nitrogens with one attached hydrogen (secondary N) is 2. The Kier molecular flexibility index (Phi) is 9.98. The maximum atomic E-state index is 14.0. The van der Waals surface area contributed by atoms with Crippen LogP contribution in [-0.4, -0.2) is 88.5 Å². The van der Waals surface area contributed by atoms with Gasteiger partial charge in [-0.3, -0.25) is 9.36 Å². The second-order valence-corrected chi connectivity index (χ2v) is 14.0. The number of fused-ring (bicyclic) bond motifs is 1.